The summed E-state index contributed by atoms with van der Waals surface area (Å²) in [5.41, 5.74) is 1.37. The maximum atomic E-state index is 13.5. The topological polar surface area (TPSA) is 73.7 Å². The predicted octanol–water partition coefficient (Wildman–Crippen LogP) is 2.74. The van der Waals surface area contributed by atoms with Crippen molar-refractivity contribution in [2.75, 3.05) is 40.0 Å². The molecule has 0 aliphatic carbocycles. The third-order valence-corrected chi connectivity index (χ3v) is 6.45. The molecule has 0 saturated carbocycles. The van der Waals surface area contributed by atoms with Gasteiger partial charge < -0.3 is 14.4 Å². The maximum absolute atomic E-state index is 13.5. The molecule has 1 saturated heterocycles. The smallest absolute Gasteiger partial charge is 0.262 e. The molecular formula is C23H25N3O4S. The van der Waals surface area contributed by atoms with Crippen LogP contribution in [0.4, 0.5) is 0 Å². The van der Waals surface area contributed by atoms with Gasteiger partial charge in [-0.05, 0) is 17.7 Å². The lowest BCUT2D eigenvalue weighted by Gasteiger charge is -2.30. The molecule has 0 N–H and O–H groups in total. The van der Waals surface area contributed by atoms with Crippen molar-refractivity contribution in [3.8, 4) is 0 Å². The van der Waals surface area contributed by atoms with Crippen LogP contribution in [0, 0.1) is 0 Å². The molecule has 4 rings (SSSR count). The van der Waals surface area contributed by atoms with E-state index in [9.17, 15) is 9.59 Å². The van der Waals surface area contributed by atoms with E-state index in [0.717, 1.165) is 5.56 Å². The molecule has 1 atom stereocenters. The van der Waals surface area contributed by atoms with E-state index in [-0.39, 0.29) is 11.5 Å². The molecule has 0 radical (unpaired) electrons. The van der Waals surface area contributed by atoms with Gasteiger partial charge in [-0.2, -0.15) is 0 Å². The Morgan fingerprint density at radius 1 is 1.13 bits per heavy atom. The van der Waals surface area contributed by atoms with Gasteiger partial charge in [0, 0.05) is 20.2 Å². The average Bonchev–Trinajstić information content (AvgIpc) is 2.83. The van der Waals surface area contributed by atoms with Crippen LogP contribution in [0.1, 0.15) is 10.8 Å². The molecular weight excluding hydrogens is 414 g/mol. The van der Waals surface area contributed by atoms with Crippen molar-refractivity contribution < 1.29 is 14.3 Å². The maximum Gasteiger partial charge on any atom is 0.262 e. The molecule has 8 heteroatoms. The van der Waals surface area contributed by atoms with E-state index < -0.39 is 5.25 Å². The molecule has 1 amide bonds. The van der Waals surface area contributed by atoms with Crippen LogP contribution in [0.5, 0.6) is 0 Å². The van der Waals surface area contributed by atoms with Gasteiger partial charge in [0.2, 0.25) is 5.91 Å². The van der Waals surface area contributed by atoms with Gasteiger partial charge in [-0.3, -0.25) is 14.2 Å². The van der Waals surface area contributed by atoms with Gasteiger partial charge in [-0.1, -0.05) is 54.2 Å². The molecule has 7 nitrogen and oxygen atoms in total. The van der Waals surface area contributed by atoms with Crippen molar-refractivity contribution >= 4 is 28.6 Å². The quantitative estimate of drug-likeness (QED) is 0.416. The summed E-state index contributed by atoms with van der Waals surface area (Å²) < 4.78 is 12.2. The first kappa shape index (κ1) is 21.5. The Labute approximate surface area is 185 Å². The lowest BCUT2D eigenvalue weighted by Crippen LogP contribution is -2.42. The number of rotatable bonds is 7. The zero-order valence-corrected chi connectivity index (χ0v) is 18.2. The fraction of sp³-hybridized carbons (Fsp3) is 0.348. The van der Waals surface area contributed by atoms with Crippen LogP contribution in [0.3, 0.4) is 0 Å². The van der Waals surface area contributed by atoms with E-state index in [1.807, 2.05) is 53.4 Å². The van der Waals surface area contributed by atoms with Crippen LogP contribution in [-0.2, 0) is 20.8 Å². The Hall–Kier alpha value is -2.68. The number of thioether (sulfide) groups is 1. The fourth-order valence-electron chi connectivity index (χ4n) is 3.56. The largest absolute Gasteiger partial charge is 0.383 e. The first-order valence-electron chi connectivity index (χ1n) is 10.3. The normalized spacial score (nSPS) is 15.2. The van der Waals surface area contributed by atoms with E-state index in [4.69, 9.17) is 14.5 Å². The van der Waals surface area contributed by atoms with Crippen molar-refractivity contribution in [2.45, 2.75) is 17.0 Å². The second-order valence-electron chi connectivity index (χ2n) is 7.21. The van der Waals surface area contributed by atoms with Crippen molar-refractivity contribution in [3.05, 3.63) is 70.5 Å². The van der Waals surface area contributed by atoms with E-state index >= 15 is 0 Å². The molecule has 1 aliphatic rings. The number of hydrogen-bond donors (Lipinski definition) is 0. The van der Waals surface area contributed by atoms with Crippen LogP contribution >= 0.6 is 11.8 Å². The minimum atomic E-state index is -0.513. The SMILES string of the molecule is COCCn1c(S[C@H](C(=O)N2CCOCC2)c2ccccc2)nc2ccccc2c1=O. The second kappa shape index (κ2) is 10.1. The highest BCUT2D eigenvalue weighted by Crippen LogP contribution is 2.36. The number of ether oxygens (including phenoxy) is 2. The summed E-state index contributed by atoms with van der Waals surface area (Å²) in [6.07, 6.45) is 0. The number of carbonyl (C=O) groups is 1. The van der Waals surface area contributed by atoms with Crippen molar-refractivity contribution in [2.24, 2.45) is 0 Å². The molecule has 162 valence electrons. The Morgan fingerprint density at radius 3 is 2.58 bits per heavy atom. The molecule has 1 aromatic heterocycles. The number of carbonyl (C=O) groups excluding carboxylic acids is 1. The number of methoxy groups -OCH3 is 1. The van der Waals surface area contributed by atoms with Gasteiger partial charge in [0.25, 0.3) is 5.56 Å². The highest BCUT2D eigenvalue weighted by molar-refractivity contribution is 8.00. The third kappa shape index (κ3) is 4.81. The van der Waals surface area contributed by atoms with E-state index in [1.165, 1.54) is 11.8 Å². The van der Waals surface area contributed by atoms with Crippen LogP contribution in [-0.4, -0.2) is 60.4 Å². The molecule has 0 unspecified atom stereocenters. The summed E-state index contributed by atoms with van der Waals surface area (Å²) in [6, 6.07) is 16.9. The molecule has 1 aliphatic heterocycles. The Bertz CT molecular complexity index is 1100. The number of amides is 1. The second-order valence-corrected chi connectivity index (χ2v) is 8.28. The lowest BCUT2D eigenvalue weighted by atomic mass is 10.1. The summed E-state index contributed by atoms with van der Waals surface area (Å²) in [5, 5.41) is 0.552. The van der Waals surface area contributed by atoms with E-state index in [1.54, 1.807) is 17.7 Å². The van der Waals surface area contributed by atoms with Gasteiger partial charge >= 0.3 is 0 Å². The summed E-state index contributed by atoms with van der Waals surface area (Å²) in [7, 11) is 1.60. The minimum absolute atomic E-state index is 0.000184. The van der Waals surface area contributed by atoms with Gasteiger partial charge in [0.15, 0.2) is 5.16 Å². The summed E-state index contributed by atoms with van der Waals surface area (Å²) >= 11 is 1.31. The minimum Gasteiger partial charge on any atom is -0.383 e. The van der Waals surface area contributed by atoms with E-state index in [0.29, 0.717) is 55.5 Å². The van der Waals surface area contributed by atoms with Gasteiger partial charge in [-0.15, -0.1) is 0 Å². The monoisotopic (exact) mass is 439 g/mol. The summed E-state index contributed by atoms with van der Waals surface area (Å²) in [5.74, 6) is 0.000184. The standard InChI is InChI=1S/C23H25N3O4S/c1-29-14-13-26-21(27)18-9-5-6-10-19(18)24-23(26)31-20(17-7-3-2-4-8-17)22(28)25-11-15-30-16-12-25/h2-10,20H,11-16H2,1H3/t20-/m0/s1. The van der Waals surface area contributed by atoms with Crippen LogP contribution in [0.15, 0.2) is 64.5 Å². The highest BCUT2D eigenvalue weighted by atomic mass is 32.2. The summed E-state index contributed by atoms with van der Waals surface area (Å²) in [4.78, 5) is 33.3. The van der Waals surface area contributed by atoms with Crippen molar-refractivity contribution in [1.82, 2.24) is 14.5 Å². The number of fused-ring (bicyclic) bond motifs is 1. The van der Waals surface area contributed by atoms with Crippen LogP contribution in [0.2, 0.25) is 0 Å². The number of benzene rings is 2. The summed E-state index contributed by atoms with van der Waals surface area (Å²) in [6.45, 7) is 2.92. The molecule has 3 aromatic rings. The first-order valence-corrected chi connectivity index (χ1v) is 11.1. The molecule has 2 heterocycles. The molecule has 0 bridgehead atoms. The first-order chi connectivity index (χ1) is 15.2. The van der Waals surface area contributed by atoms with Crippen LogP contribution in [0.25, 0.3) is 10.9 Å². The highest BCUT2D eigenvalue weighted by Gasteiger charge is 2.30. The molecule has 1 fully saturated rings. The number of morpholine rings is 1. The van der Waals surface area contributed by atoms with Gasteiger partial charge in [0.1, 0.15) is 5.25 Å². The number of nitrogens with zero attached hydrogens (tertiary/aromatic N) is 3. The molecule has 31 heavy (non-hydrogen) atoms. The molecule has 2 aromatic carbocycles. The number of hydrogen-bond acceptors (Lipinski definition) is 6. The Balaban J connectivity index is 1.76. The van der Waals surface area contributed by atoms with Crippen molar-refractivity contribution in [1.29, 1.82) is 0 Å². The lowest BCUT2D eigenvalue weighted by molar-refractivity contribution is -0.134. The zero-order chi connectivity index (χ0) is 21.6. The number of para-hydroxylation sites is 1. The van der Waals surface area contributed by atoms with Crippen LogP contribution < -0.4 is 5.56 Å². The zero-order valence-electron chi connectivity index (χ0n) is 17.4. The number of aromatic nitrogens is 2. The predicted molar refractivity (Wildman–Crippen MR) is 120 cm³/mol. The Morgan fingerprint density at radius 2 is 1.84 bits per heavy atom. The van der Waals surface area contributed by atoms with E-state index in [2.05, 4.69) is 0 Å². The third-order valence-electron chi connectivity index (χ3n) is 5.22. The van der Waals surface area contributed by atoms with Crippen molar-refractivity contribution in [3.63, 3.8) is 0 Å². The van der Waals surface area contributed by atoms with Gasteiger partial charge in [-0.25, -0.2) is 4.98 Å². The average molecular weight is 440 g/mol. The Kier molecular flexibility index (Phi) is 7.01. The fourth-order valence-corrected chi connectivity index (χ4v) is 4.77. The van der Waals surface area contributed by atoms with Gasteiger partial charge in [0.05, 0.1) is 37.3 Å². The molecule has 0 spiro atoms.